The first-order valence-corrected chi connectivity index (χ1v) is 7.19. The largest absolute Gasteiger partial charge is 0.323 e. The van der Waals surface area contributed by atoms with Gasteiger partial charge in [0.05, 0.1) is 16.4 Å². The number of nitrogens with one attached hydrogen (secondary N) is 2. The van der Waals surface area contributed by atoms with Crippen LogP contribution in [0, 0.1) is 11.6 Å². The lowest BCUT2D eigenvalue weighted by Crippen LogP contribution is -2.00. The second kappa shape index (κ2) is 5.27. The van der Waals surface area contributed by atoms with E-state index in [-0.39, 0.29) is 11.3 Å². The standard InChI is InChI=1S/C14H8BrClF2N2O/c15-8-5-11-10(19-14(21)20-11)4-7(8)12(16)6-2-1-3-9(17)13(6)18/h1-5,12H,(H2,19,20,21). The number of imidazole rings is 1. The summed E-state index contributed by atoms with van der Waals surface area (Å²) in [6.45, 7) is 0. The minimum absolute atomic E-state index is 0.0367. The molecule has 0 spiro atoms. The summed E-state index contributed by atoms with van der Waals surface area (Å²) in [6, 6.07) is 7.14. The molecule has 0 saturated carbocycles. The van der Waals surface area contributed by atoms with Gasteiger partial charge in [0, 0.05) is 10.0 Å². The summed E-state index contributed by atoms with van der Waals surface area (Å²) in [5.41, 5.74) is 1.36. The Bertz CT molecular complexity index is 890. The number of benzene rings is 2. The number of fused-ring (bicyclic) bond motifs is 1. The summed E-state index contributed by atoms with van der Waals surface area (Å²) in [6.07, 6.45) is 0. The van der Waals surface area contributed by atoms with Gasteiger partial charge in [0.1, 0.15) is 0 Å². The zero-order valence-corrected chi connectivity index (χ0v) is 12.7. The van der Waals surface area contributed by atoms with Crippen molar-refractivity contribution in [3.05, 3.63) is 68.1 Å². The number of aromatic amines is 2. The van der Waals surface area contributed by atoms with Gasteiger partial charge < -0.3 is 9.97 Å². The third-order valence-electron chi connectivity index (χ3n) is 3.16. The fourth-order valence-corrected chi connectivity index (χ4v) is 3.20. The monoisotopic (exact) mass is 372 g/mol. The normalized spacial score (nSPS) is 12.8. The van der Waals surface area contributed by atoms with Crippen LogP contribution in [0.3, 0.4) is 0 Å². The van der Waals surface area contributed by atoms with Crippen LogP contribution in [-0.4, -0.2) is 9.97 Å². The molecule has 2 aromatic carbocycles. The summed E-state index contributed by atoms with van der Waals surface area (Å²) >= 11 is 9.61. The number of H-pyrrole nitrogens is 2. The van der Waals surface area contributed by atoms with E-state index in [1.807, 2.05) is 0 Å². The van der Waals surface area contributed by atoms with Crippen molar-refractivity contribution in [1.82, 2.24) is 9.97 Å². The summed E-state index contributed by atoms with van der Waals surface area (Å²) in [7, 11) is 0. The van der Waals surface area contributed by atoms with Crippen LogP contribution in [0.5, 0.6) is 0 Å². The zero-order chi connectivity index (χ0) is 15.1. The van der Waals surface area contributed by atoms with Gasteiger partial charge in [-0.1, -0.05) is 28.1 Å². The molecular weight excluding hydrogens is 366 g/mol. The minimum atomic E-state index is -0.980. The van der Waals surface area contributed by atoms with E-state index in [0.717, 1.165) is 6.07 Å². The number of hydrogen-bond donors (Lipinski definition) is 2. The molecule has 0 aliphatic rings. The van der Waals surface area contributed by atoms with Crippen LogP contribution in [0.2, 0.25) is 0 Å². The molecule has 21 heavy (non-hydrogen) atoms. The molecule has 3 nitrogen and oxygen atoms in total. The van der Waals surface area contributed by atoms with Crippen LogP contribution in [0.15, 0.2) is 39.6 Å². The molecule has 1 aromatic heterocycles. The van der Waals surface area contributed by atoms with Crippen molar-refractivity contribution in [2.24, 2.45) is 0 Å². The SMILES string of the molecule is O=c1[nH]c2cc(Br)c(C(Cl)c3cccc(F)c3F)cc2[nH]1. The highest BCUT2D eigenvalue weighted by Gasteiger charge is 2.20. The van der Waals surface area contributed by atoms with Gasteiger partial charge in [-0.3, -0.25) is 0 Å². The fraction of sp³-hybridized carbons (Fsp3) is 0.0714. The lowest BCUT2D eigenvalue weighted by atomic mass is 10.0. The lowest BCUT2D eigenvalue weighted by molar-refractivity contribution is 0.500. The van der Waals surface area contributed by atoms with E-state index >= 15 is 0 Å². The van der Waals surface area contributed by atoms with Crippen molar-refractivity contribution in [3.8, 4) is 0 Å². The van der Waals surface area contributed by atoms with Crippen molar-refractivity contribution in [2.75, 3.05) is 0 Å². The first-order valence-electron chi connectivity index (χ1n) is 5.97. The molecular formula is C14H8BrClF2N2O. The Labute approximate surface area is 131 Å². The quantitative estimate of drug-likeness (QED) is 0.649. The second-order valence-corrected chi connectivity index (χ2v) is 5.79. The van der Waals surface area contributed by atoms with E-state index in [9.17, 15) is 13.6 Å². The first-order chi connectivity index (χ1) is 9.97. The van der Waals surface area contributed by atoms with Gasteiger partial charge in [0.15, 0.2) is 11.6 Å². The highest BCUT2D eigenvalue weighted by molar-refractivity contribution is 9.10. The topological polar surface area (TPSA) is 48.6 Å². The van der Waals surface area contributed by atoms with Gasteiger partial charge in [-0.25, -0.2) is 13.6 Å². The Morgan fingerprint density at radius 2 is 1.76 bits per heavy atom. The molecule has 7 heteroatoms. The fourth-order valence-electron chi connectivity index (χ4n) is 2.15. The summed E-state index contributed by atoms with van der Waals surface area (Å²) in [5.74, 6) is -1.93. The van der Waals surface area contributed by atoms with E-state index in [1.165, 1.54) is 12.1 Å². The smallest absolute Gasteiger partial charge is 0.306 e. The number of alkyl halides is 1. The molecule has 0 amide bonds. The van der Waals surface area contributed by atoms with E-state index in [0.29, 0.717) is 21.1 Å². The van der Waals surface area contributed by atoms with E-state index < -0.39 is 17.0 Å². The average Bonchev–Trinajstić information content (AvgIpc) is 2.79. The Kier molecular flexibility index (Phi) is 3.59. The van der Waals surface area contributed by atoms with Crippen molar-refractivity contribution in [1.29, 1.82) is 0 Å². The average molecular weight is 374 g/mol. The maximum atomic E-state index is 13.8. The molecule has 0 fully saturated rings. The van der Waals surface area contributed by atoms with Crippen molar-refractivity contribution in [3.63, 3.8) is 0 Å². The van der Waals surface area contributed by atoms with Crippen LogP contribution < -0.4 is 5.69 Å². The van der Waals surface area contributed by atoms with E-state index in [4.69, 9.17) is 11.6 Å². The van der Waals surface area contributed by atoms with Crippen LogP contribution in [0.4, 0.5) is 8.78 Å². The number of aromatic nitrogens is 2. The van der Waals surface area contributed by atoms with Crippen molar-refractivity contribution < 1.29 is 8.78 Å². The summed E-state index contributed by atoms with van der Waals surface area (Å²) in [4.78, 5) is 16.5. The molecule has 0 bridgehead atoms. The van der Waals surface area contributed by atoms with Gasteiger partial charge in [0.25, 0.3) is 0 Å². The molecule has 0 radical (unpaired) electrons. The van der Waals surface area contributed by atoms with Crippen LogP contribution in [0.25, 0.3) is 11.0 Å². The number of halogens is 4. The molecule has 2 N–H and O–H groups in total. The lowest BCUT2D eigenvalue weighted by Gasteiger charge is -2.13. The second-order valence-electron chi connectivity index (χ2n) is 4.50. The molecule has 0 aliphatic heterocycles. The molecule has 3 rings (SSSR count). The molecule has 108 valence electrons. The Hall–Kier alpha value is -1.66. The molecule has 0 saturated heterocycles. The Balaban J connectivity index is 2.16. The van der Waals surface area contributed by atoms with Gasteiger partial charge in [-0.2, -0.15) is 0 Å². The first kappa shape index (κ1) is 14.3. The minimum Gasteiger partial charge on any atom is -0.306 e. The Morgan fingerprint density at radius 3 is 2.48 bits per heavy atom. The maximum absolute atomic E-state index is 13.8. The van der Waals surface area contributed by atoms with Gasteiger partial charge in [0.2, 0.25) is 0 Å². The predicted molar refractivity (Wildman–Crippen MR) is 80.7 cm³/mol. The highest BCUT2D eigenvalue weighted by Crippen LogP contribution is 2.36. The van der Waals surface area contributed by atoms with Gasteiger partial charge >= 0.3 is 5.69 Å². The zero-order valence-electron chi connectivity index (χ0n) is 10.4. The highest BCUT2D eigenvalue weighted by atomic mass is 79.9. The van der Waals surface area contributed by atoms with Gasteiger partial charge in [-0.15, -0.1) is 11.6 Å². The third kappa shape index (κ3) is 2.49. The number of hydrogen-bond acceptors (Lipinski definition) is 1. The van der Waals surface area contributed by atoms with Crippen LogP contribution >= 0.6 is 27.5 Å². The number of rotatable bonds is 2. The molecule has 1 unspecified atom stereocenters. The van der Waals surface area contributed by atoms with E-state index in [2.05, 4.69) is 25.9 Å². The van der Waals surface area contributed by atoms with Crippen molar-refractivity contribution in [2.45, 2.75) is 5.38 Å². The maximum Gasteiger partial charge on any atom is 0.323 e. The van der Waals surface area contributed by atoms with Crippen LogP contribution in [0.1, 0.15) is 16.5 Å². The molecule has 3 aromatic rings. The Morgan fingerprint density at radius 1 is 1.10 bits per heavy atom. The molecule has 0 aliphatic carbocycles. The van der Waals surface area contributed by atoms with E-state index in [1.54, 1.807) is 12.1 Å². The van der Waals surface area contributed by atoms with Crippen molar-refractivity contribution >= 4 is 38.6 Å². The van der Waals surface area contributed by atoms with Crippen LogP contribution in [-0.2, 0) is 0 Å². The predicted octanol–water partition coefficient (Wildman–Crippen LogP) is 4.23. The summed E-state index contributed by atoms with van der Waals surface area (Å²) < 4.78 is 27.8. The molecule has 1 heterocycles. The van der Waals surface area contributed by atoms with Gasteiger partial charge in [-0.05, 0) is 23.8 Å². The third-order valence-corrected chi connectivity index (χ3v) is 4.32. The molecule has 1 atom stereocenters. The summed E-state index contributed by atoms with van der Waals surface area (Å²) in [5, 5.41) is -0.891.